The van der Waals surface area contributed by atoms with Crippen LogP contribution in [0, 0.1) is 6.92 Å². The third-order valence-corrected chi connectivity index (χ3v) is 6.34. The van der Waals surface area contributed by atoms with Crippen LogP contribution in [0.15, 0.2) is 24.4 Å². The van der Waals surface area contributed by atoms with Gasteiger partial charge < -0.3 is 15.0 Å². The third kappa shape index (κ3) is 4.20. The molecule has 0 atom stereocenters. The summed E-state index contributed by atoms with van der Waals surface area (Å²) in [6.45, 7) is 3.89. The summed E-state index contributed by atoms with van der Waals surface area (Å²) in [5, 5.41) is 3.70. The monoisotopic (exact) mass is 380 g/mol. The molecule has 1 saturated carbocycles. The lowest BCUT2D eigenvalue weighted by Crippen LogP contribution is -2.39. The predicted molar refractivity (Wildman–Crippen MR) is 114 cm³/mol. The largest absolute Gasteiger partial charge is 0.383 e. The van der Waals surface area contributed by atoms with E-state index in [1.165, 1.54) is 42.4 Å². The van der Waals surface area contributed by atoms with Crippen molar-refractivity contribution < 1.29 is 4.74 Å². The molecule has 2 aromatic heterocycles. The number of nitrogens with zero attached hydrogens (tertiary/aromatic N) is 3. The fourth-order valence-electron chi connectivity index (χ4n) is 4.56. The molecule has 1 N–H and O–H groups in total. The molecule has 5 nitrogen and oxygen atoms in total. The van der Waals surface area contributed by atoms with E-state index in [1.54, 1.807) is 7.11 Å². The van der Waals surface area contributed by atoms with Gasteiger partial charge in [0.05, 0.1) is 12.3 Å². The maximum atomic E-state index is 5.21. The van der Waals surface area contributed by atoms with Crippen LogP contribution in [-0.4, -0.2) is 54.3 Å². The first-order valence-electron chi connectivity index (χ1n) is 10.6. The van der Waals surface area contributed by atoms with E-state index in [-0.39, 0.29) is 0 Å². The van der Waals surface area contributed by atoms with E-state index in [9.17, 15) is 0 Å². The summed E-state index contributed by atoms with van der Waals surface area (Å²) < 4.78 is 5.21. The Kier molecular flexibility index (Phi) is 5.93. The number of hydrogen-bond acceptors (Lipinski definition) is 5. The first-order valence-corrected chi connectivity index (χ1v) is 10.6. The highest BCUT2D eigenvalue weighted by Crippen LogP contribution is 2.34. The van der Waals surface area contributed by atoms with Gasteiger partial charge in [-0.1, -0.05) is 6.07 Å². The number of aryl methyl sites for hydroxylation is 3. The SMILES string of the molecule is COCCN(C)[C@H]1CC[C@H](Nc2cc3c(cn2)CCc2ccc(C)nc2-3)CC1. The van der Waals surface area contributed by atoms with E-state index in [2.05, 4.69) is 48.6 Å². The molecule has 0 spiro atoms. The van der Waals surface area contributed by atoms with Crippen LogP contribution in [0.3, 0.4) is 0 Å². The number of rotatable bonds is 6. The standard InChI is InChI=1S/C23H32N4O/c1-16-4-5-17-6-7-18-15-24-22(14-21(18)23(17)25-16)26-19-8-10-20(11-9-19)27(2)12-13-28-3/h4-5,14-15,19-20H,6-13H2,1-3H3,(H,24,26)/t19-,20-. The average Bonchev–Trinajstić information content (AvgIpc) is 2.72. The molecule has 2 aromatic rings. The third-order valence-electron chi connectivity index (χ3n) is 6.34. The summed E-state index contributed by atoms with van der Waals surface area (Å²) >= 11 is 0. The van der Waals surface area contributed by atoms with Crippen molar-refractivity contribution in [2.24, 2.45) is 0 Å². The second kappa shape index (κ2) is 8.58. The molecule has 0 saturated heterocycles. The van der Waals surface area contributed by atoms with Crippen molar-refractivity contribution in [2.45, 2.75) is 57.5 Å². The Labute approximate surface area is 168 Å². The summed E-state index contributed by atoms with van der Waals surface area (Å²) in [7, 11) is 3.99. The number of nitrogens with one attached hydrogen (secondary N) is 1. The Hall–Kier alpha value is -1.98. The lowest BCUT2D eigenvalue weighted by Gasteiger charge is -2.35. The molecule has 0 radical (unpaired) electrons. The normalized spacial score (nSPS) is 21.3. The van der Waals surface area contributed by atoms with Crippen molar-refractivity contribution in [3.63, 3.8) is 0 Å². The highest BCUT2D eigenvalue weighted by molar-refractivity contribution is 5.72. The van der Waals surface area contributed by atoms with E-state index in [1.807, 2.05) is 0 Å². The molecule has 2 aliphatic rings. The number of ether oxygens (including phenoxy) is 1. The van der Waals surface area contributed by atoms with Gasteiger partial charge in [-0.2, -0.15) is 0 Å². The van der Waals surface area contributed by atoms with Crippen LogP contribution < -0.4 is 5.32 Å². The molecule has 1 fully saturated rings. The van der Waals surface area contributed by atoms with Gasteiger partial charge in [0.1, 0.15) is 5.82 Å². The molecular weight excluding hydrogens is 348 g/mol. The van der Waals surface area contributed by atoms with Gasteiger partial charge >= 0.3 is 0 Å². The lowest BCUT2D eigenvalue weighted by atomic mass is 9.89. The van der Waals surface area contributed by atoms with Crippen LogP contribution in [0.4, 0.5) is 5.82 Å². The maximum absolute atomic E-state index is 5.21. The summed E-state index contributed by atoms with van der Waals surface area (Å²) in [5.41, 5.74) is 6.16. The number of fused-ring (bicyclic) bond motifs is 3. The molecule has 4 rings (SSSR count). The van der Waals surface area contributed by atoms with Crippen LogP contribution in [0.2, 0.25) is 0 Å². The molecule has 0 bridgehead atoms. The highest BCUT2D eigenvalue weighted by Gasteiger charge is 2.25. The number of hydrogen-bond donors (Lipinski definition) is 1. The summed E-state index contributed by atoms with van der Waals surface area (Å²) in [6.07, 6.45) is 9.00. The smallest absolute Gasteiger partial charge is 0.126 e. The summed E-state index contributed by atoms with van der Waals surface area (Å²) in [6, 6.07) is 7.74. The predicted octanol–water partition coefficient (Wildman–Crippen LogP) is 3.85. The number of anilines is 1. The minimum absolute atomic E-state index is 0.506. The molecule has 0 unspecified atom stereocenters. The van der Waals surface area contributed by atoms with Crippen molar-refractivity contribution in [2.75, 3.05) is 32.6 Å². The zero-order chi connectivity index (χ0) is 19.5. The molecule has 2 heterocycles. The molecule has 0 aliphatic heterocycles. The van der Waals surface area contributed by atoms with E-state index in [0.29, 0.717) is 12.1 Å². The van der Waals surface area contributed by atoms with Crippen LogP contribution >= 0.6 is 0 Å². The van der Waals surface area contributed by atoms with Gasteiger partial charge in [0, 0.05) is 43.2 Å². The van der Waals surface area contributed by atoms with Crippen molar-refractivity contribution in [3.05, 3.63) is 41.2 Å². The number of likely N-dealkylation sites (N-methyl/N-ethyl adjacent to an activating group) is 1. The molecule has 5 heteroatoms. The van der Waals surface area contributed by atoms with Gasteiger partial charge in [-0.25, -0.2) is 4.98 Å². The van der Waals surface area contributed by atoms with Gasteiger partial charge in [-0.05, 0) is 75.8 Å². The summed E-state index contributed by atoms with van der Waals surface area (Å²) in [5.74, 6) is 0.992. The van der Waals surface area contributed by atoms with E-state index in [0.717, 1.165) is 43.2 Å². The number of methoxy groups -OCH3 is 1. The van der Waals surface area contributed by atoms with E-state index >= 15 is 0 Å². The fraction of sp³-hybridized carbons (Fsp3) is 0.565. The van der Waals surface area contributed by atoms with Crippen molar-refractivity contribution >= 4 is 5.82 Å². The van der Waals surface area contributed by atoms with Gasteiger partial charge in [-0.15, -0.1) is 0 Å². The Morgan fingerprint density at radius 3 is 2.71 bits per heavy atom. The minimum Gasteiger partial charge on any atom is -0.383 e. The zero-order valence-electron chi connectivity index (χ0n) is 17.4. The van der Waals surface area contributed by atoms with E-state index in [4.69, 9.17) is 14.7 Å². The zero-order valence-corrected chi connectivity index (χ0v) is 17.4. The summed E-state index contributed by atoms with van der Waals surface area (Å²) in [4.78, 5) is 12.0. The van der Waals surface area contributed by atoms with Crippen LogP contribution in [0.5, 0.6) is 0 Å². The molecule has 150 valence electrons. The van der Waals surface area contributed by atoms with E-state index < -0.39 is 0 Å². The second-order valence-corrected chi connectivity index (χ2v) is 8.31. The average molecular weight is 381 g/mol. The van der Waals surface area contributed by atoms with Crippen LogP contribution in [0.1, 0.15) is 42.5 Å². The number of pyridine rings is 2. The molecule has 2 aliphatic carbocycles. The lowest BCUT2D eigenvalue weighted by molar-refractivity contribution is 0.121. The quantitative estimate of drug-likeness (QED) is 0.825. The molecule has 0 amide bonds. The molecular formula is C23H32N4O. The number of aromatic nitrogens is 2. The first kappa shape index (κ1) is 19.3. The Bertz CT molecular complexity index is 814. The van der Waals surface area contributed by atoms with Gasteiger partial charge in [0.2, 0.25) is 0 Å². The topological polar surface area (TPSA) is 50.3 Å². The fourth-order valence-corrected chi connectivity index (χ4v) is 4.56. The van der Waals surface area contributed by atoms with Crippen LogP contribution in [-0.2, 0) is 17.6 Å². The Balaban J connectivity index is 1.41. The van der Waals surface area contributed by atoms with Crippen molar-refractivity contribution in [1.82, 2.24) is 14.9 Å². The van der Waals surface area contributed by atoms with Crippen LogP contribution in [0.25, 0.3) is 11.3 Å². The second-order valence-electron chi connectivity index (χ2n) is 8.31. The van der Waals surface area contributed by atoms with Gasteiger partial charge in [-0.3, -0.25) is 4.98 Å². The molecule has 0 aromatic carbocycles. The van der Waals surface area contributed by atoms with Crippen molar-refractivity contribution in [3.8, 4) is 11.3 Å². The van der Waals surface area contributed by atoms with Gasteiger partial charge in [0.25, 0.3) is 0 Å². The first-order chi connectivity index (χ1) is 13.6. The Morgan fingerprint density at radius 1 is 1.14 bits per heavy atom. The van der Waals surface area contributed by atoms with Gasteiger partial charge in [0.15, 0.2) is 0 Å². The minimum atomic E-state index is 0.506. The maximum Gasteiger partial charge on any atom is 0.126 e. The molecule has 28 heavy (non-hydrogen) atoms. The highest BCUT2D eigenvalue weighted by atomic mass is 16.5. The Morgan fingerprint density at radius 2 is 1.93 bits per heavy atom. The van der Waals surface area contributed by atoms with Crippen molar-refractivity contribution in [1.29, 1.82) is 0 Å².